The molecular weight excluding hydrogens is 350 g/mol. The van der Waals surface area contributed by atoms with E-state index >= 15 is 0 Å². The van der Waals surface area contributed by atoms with Crippen LogP contribution in [0.5, 0.6) is 5.75 Å². The molecule has 26 heavy (non-hydrogen) atoms. The Morgan fingerprint density at radius 1 is 1.15 bits per heavy atom. The maximum atomic E-state index is 8.38. The molecule has 0 unspecified atom stereocenters. The lowest BCUT2D eigenvalue weighted by atomic mass is 10.1. The molecule has 3 rings (SSSR count). The molecule has 1 aromatic heterocycles. The number of H-pyrrole nitrogens is 1. The fraction of sp³-hybridized carbons (Fsp3) is 0.211. The summed E-state index contributed by atoms with van der Waals surface area (Å²) in [6.45, 7) is 4.26. The number of rotatable bonds is 6. The van der Waals surface area contributed by atoms with Gasteiger partial charge < -0.3 is 4.74 Å². The molecule has 0 saturated carbocycles. The molecule has 132 valence electrons. The van der Waals surface area contributed by atoms with Crippen molar-refractivity contribution in [3.05, 3.63) is 69.6 Å². The second-order valence-corrected chi connectivity index (χ2v) is 6.47. The minimum atomic E-state index is 0.0668. The Hall–Kier alpha value is -2.95. The van der Waals surface area contributed by atoms with Gasteiger partial charge in [0.15, 0.2) is 0 Å². The minimum absolute atomic E-state index is 0.0668. The van der Waals surface area contributed by atoms with E-state index in [1.54, 1.807) is 0 Å². The van der Waals surface area contributed by atoms with Gasteiger partial charge in [0, 0.05) is 10.5 Å². The second kappa shape index (κ2) is 7.95. The zero-order chi connectivity index (χ0) is 18.5. The largest absolute Gasteiger partial charge is 0.489 e. The van der Waals surface area contributed by atoms with Gasteiger partial charge in [-0.25, -0.2) is 0 Å². The van der Waals surface area contributed by atoms with E-state index in [0.29, 0.717) is 17.3 Å². The summed E-state index contributed by atoms with van der Waals surface area (Å²) in [7, 11) is 0. The molecule has 0 fully saturated rings. The molecule has 0 amide bonds. The summed E-state index contributed by atoms with van der Waals surface area (Å²) in [5.41, 5.74) is 12.9. The first-order valence-electron chi connectivity index (χ1n) is 8.19. The maximum Gasteiger partial charge on any atom is 0.138 e. The zero-order valence-electron chi connectivity index (χ0n) is 14.5. The van der Waals surface area contributed by atoms with Crippen LogP contribution in [0.1, 0.15) is 19.4 Å². The summed E-state index contributed by atoms with van der Waals surface area (Å²) in [6.07, 6.45) is 0.0668. The Morgan fingerprint density at radius 2 is 1.88 bits per heavy atom. The molecule has 0 spiro atoms. The third-order valence-corrected chi connectivity index (χ3v) is 4.05. The van der Waals surface area contributed by atoms with Crippen LogP contribution in [0.15, 0.2) is 53.6 Å². The van der Waals surface area contributed by atoms with Crippen molar-refractivity contribution in [1.82, 2.24) is 10.2 Å². The van der Waals surface area contributed by atoms with E-state index in [4.69, 9.17) is 21.9 Å². The van der Waals surface area contributed by atoms with Crippen molar-refractivity contribution >= 4 is 11.6 Å². The molecule has 7 heteroatoms. The van der Waals surface area contributed by atoms with Crippen LogP contribution in [0.25, 0.3) is 33.0 Å². The van der Waals surface area contributed by atoms with E-state index in [-0.39, 0.29) is 6.10 Å². The Morgan fingerprint density at radius 3 is 2.54 bits per heavy atom. The van der Waals surface area contributed by atoms with Gasteiger partial charge in [-0.05, 0) is 54.8 Å². The highest BCUT2D eigenvalue weighted by Crippen LogP contribution is 2.31. The van der Waals surface area contributed by atoms with Gasteiger partial charge in [-0.2, -0.15) is 5.10 Å². The summed E-state index contributed by atoms with van der Waals surface area (Å²) in [5, 5.41) is 11.5. The summed E-state index contributed by atoms with van der Waals surface area (Å²) in [4.78, 5) is 2.77. The molecule has 0 aliphatic heterocycles. The van der Waals surface area contributed by atoms with Gasteiger partial charge in [0.2, 0.25) is 0 Å². The Bertz CT molecular complexity index is 943. The molecule has 0 bridgehead atoms. The SMILES string of the molecule is CC(C)Oc1ccc(-c2cc(-c3ccc(CN=[N+]=[N-])cc3)[nH]n2)cc1Cl. The van der Waals surface area contributed by atoms with Crippen LogP contribution < -0.4 is 4.74 Å². The maximum absolute atomic E-state index is 8.38. The Labute approximate surface area is 156 Å². The summed E-state index contributed by atoms with van der Waals surface area (Å²) < 4.78 is 5.66. The molecule has 3 aromatic rings. The number of hydrogen-bond donors (Lipinski definition) is 1. The standard InChI is InChI=1S/C19H18ClN5O/c1-12(2)26-19-8-7-15(9-16(19)20)18-10-17(23-24-18)14-5-3-13(4-6-14)11-22-25-21/h3-10,12H,11H2,1-2H3,(H,23,24). The van der Waals surface area contributed by atoms with Gasteiger partial charge in [0.1, 0.15) is 5.75 Å². The third-order valence-electron chi connectivity index (χ3n) is 3.75. The van der Waals surface area contributed by atoms with Gasteiger partial charge in [-0.15, -0.1) is 0 Å². The number of benzene rings is 2. The van der Waals surface area contributed by atoms with E-state index in [9.17, 15) is 0 Å². The molecule has 1 heterocycles. The third kappa shape index (κ3) is 4.17. The summed E-state index contributed by atoms with van der Waals surface area (Å²) >= 11 is 6.31. The van der Waals surface area contributed by atoms with Crippen molar-refractivity contribution in [2.75, 3.05) is 0 Å². The van der Waals surface area contributed by atoms with Crippen LogP contribution >= 0.6 is 11.6 Å². The smallest absolute Gasteiger partial charge is 0.138 e. The first kappa shape index (κ1) is 17.9. The van der Waals surface area contributed by atoms with Gasteiger partial charge in [0.25, 0.3) is 0 Å². The average Bonchev–Trinajstić information content (AvgIpc) is 3.12. The Kier molecular flexibility index (Phi) is 5.46. The predicted octanol–water partition coefficient (Wildman–Crippen LogP) is 5.99. The lowest BCUT2D eigenvalue weighted by Crippen LogP contribution is -2.05. The first-order valence-corrected chi connectivity index (χ1v) is 8.57. The number of aromatic nitrogens is 2. The van der Waals surface area contributed by atoms with E-state index in [2.05, 4.69) is 20.2 Å². The van der Waals surface area contributed by atoms with Crippen LogP contribution in [0, 0.1) is 0 Å². The average molecular weight is 368 g/mol. The molecule has 0 atom stereocenters. The molecule has 0 saturated heterocycles. The molecule has 1 N–H and O–H groups in total. The van der Waals surface area contributed by atoms with Crippen LogP contribution in [-0.2, 0) is 6.54 Å². The van der Waals surface area contributed by atoms with Crippen molar-refractivity contribution in [3.8, 4) is 28.3 Å². The Balaban J connectivity index is 1.81. The van der Waals surface area contributed by atoms with E-state index in [0.717, 1.165) is 28.1 Å². The lowest BCUT2D eigenvalue weighted by molar-refractivity contribution is 0.242. The summed E-state index contributed by atoms with van der Waals surface area (Å²) in [5.74, 6) is 0.664. The van der Waals surface area contributed by atoms with Crippen LogP contribution in [0.3, 0.4) is 0 Å². The van der Waals surface area contributed by atoms with Crippen molar-refractivity contribution in [1.29, 1.82) is 0 Å². The number of hydrogen-bond acceptors (Lipinski definition) is 3. The van der Waals surface area contributed by atoms with E-state index in [1.165, 1.54) is 0 Å². The first-order chi connectivity index (χ1) is 12.6. The number of azide groups is 1. The molecule has 0 aliphatic rings. The second-order valence-electron chi connectivity index (χ2n) is 6.06. The van der Waals surface area contributed by atoms with Crippen molar-refractivity contribution in [3.63, 3.8) is 0 Å². The molecule has 2 aromatic carbocycles. The highest BCUT2D eigenvalue weighted by Gasteiger charge is 2.10. The topological polar surface area (TPSA) is 86.7 Å². The van der Waals surface area contributed by atoms with Gasteiger partial charge in [-0.3, -0.25) is 5.10 Å². The fourth-order valence-electron chi connectivity index (χ4n) is 2.53. The van der Waals surface area contributed by atoms with Crippen LogP contribution in [0.4, 0.5) is 0 Å². The highest BCUT2D eigenvalue weighted by molar-refractivity contribution is 6.32. The van der Waals surface area contributed by atoms with E-state index < -0.39 is 0 Å². The molecule has 6 nitrogen and oxygen atoms in total. The summed E-state index contributed by atoms with van der Waals surface area (Å²) in [6, 6.07) is 15.4. The van der Waals surface area contributed by atoms with Crippen LogP contribution in [-0.4, -0.2) is 16.3 Å². The normalized spacial score (nSPS) is 10.6. The van der Waals surface area contributed by atoms with Gasteiger partial charge in [-0.1, -0.05) is 41.0 Å². The minimum Gasteiger partial charge on any atom is -0.489 e. The van der Waals surface area contributed by atoms with Gasteiger partial charge in [0.05, 0.1) is 29.1 Å². The highest BCUT2D eigenvalue weighted by atomic mass is 35.5. The van der Waals surface area contributed by atoms with Crippen LogP contribution in [0.2, 0.25) is 5.02 Å². The number of aromatic amines is 1. The number of ether oxygens (including phenoxy) is 1. The fourth-order valence-corrected chi connectivity index (χ4v) is 2.76. The van der Waals surface area contributed by atoms with E-state index in [1.807, 2.05) is 62.4 Å². The predicted molar refractivity (Wildman–Crippen MR) is 103 cm³/mol. The number of nitrogens with zero attached hydrogens (tertiary/aromatic N) is 4. The monoisotopic (exact) mass is 367 g/mol. The quantitative estimate of drug-likeness (QED) is 0.329. The zero-order valence-corrected chi connectivity index (χ0v) is 15.2. The molecular formula is C19H18ClN5O. The number of nitrogens with one attached hydrogen (secondary N) is 1. The van der Waals surface area contributed by atoms with Crippen molar-refractivity contribution in [2.45, 2.75) is 26.5 Å². The van der Waals surface area contributed by atoms with Gasteiger partial charge >= 0.3 is 0 Å². The lowest BCUT2D eigenvalue weighted by Gasteiger charge is -2.11. The van der Waals surface area contributed by atoms with Crippen molar-refractivity contribution in [2.24, 2.45) is 5.11 Å². The number of halogens is 1. The molecule has 0 aliphatic carbocycles. The van der Waals surface area contributed by atoms with Crippen molar-refractivity contribution < 1.29 is 4.74 Å². The molecule has 0 radical (unpaired) electrons.